The van der Waals surface area contributed by atoms with E-state index < -0.39 is 58.9 Å². The lowest BCUT2D eigenvalue weighted by Crippen LogP contribution is -2.60. The number of aryl methyl sites for hydroxylation is 2. The first-order chi connectivity index (χ1) is 35.1. The van der Waals surface area contributed by atoms with Crippen molar-refractivity contribution < 1.29 is 28.8 Å². The summed E-state index contributed by atoms with van der Waals surface area (Å²) in [6, 6.07) is 10.6. The smallest absolute Gasteiger partial charge is 0.243 e. The van der Waals surface area contributed by atoms with E-state index in [1.54, 1.807) is 49.7 Å². The molecule has 74 heavy (non-hydrogen) atoms. The summed E-state index contributed by atoms with van der Waals surface area (Å²) in [6.07, 6.45) is 12.5. The molecule has 0 radical (unpaired) electrons. The molecule has 6 rings (SSSR count). The van der Waals surface area contributed by atoms with Crippen LogP contribution >= 0.6 is 0 Å². The number of amides is 6. The highest BCUT2D eigenvalue weighted by Gasteiger charge is 2.38. The molecule has 8 atom stereocenters. The van der Waals surface area contributed by atoms with Crippen molar-refractivity contribution in [3.8, 4) is 0 Å². The summed E-state index contributed by atoms with van der Waals surface area (Å²) in [5.41, 5.74) is 4.08. The number of fused-ring (bicyclic) bond motifs is 2. The molecule has 2 heterocycles. The molecule has 1 unspecified atom stereocenters. The highest BCUT2D eigenvalue weighted by atomic mass is 16.2. The molecule has 8 N–H and O–H groups in total. The number of nitrogens with zero attached hydrogens (tertiary/aromatic N) is 6. The third kappa shape index (κ3) is 15.4. The van der Waals surface area contributed by atoms with Gasteiger partial charge >= 0.3 is 0 Å². The van der Waals surface area contributed by atoms with Gasteiger partial charge in [-0.25, -0.2) is 9.36 Å². The van der Waals surface area contributed by atoms with Crippen LogP contribution in [0.5, 0.6) is 0 Å². The molecule has 20 nitrogen and oxygen atoms in total. The number of carbonyl (C=O) groups excluding carboxylic acids is 6. The van der Waals surface area contributed by atoms with Crippen LogP contribution in [0.2, 0.25) is 0 Å². The van der Waals surface area contributed by atoms with Crippen LogP contribution in [0.3, 0.4) is 0 Å². The first-order valence-electron chi connectivity index (χ1n) is 25.9. The number of allylic oxidation sites excluding steroid dienone is 2. The van der Waals surface area contributed by atoms with E-state index in [0.29, 0.717) is 24.5 Å². The molecular weight excluding hydrogens is 941 g/mol. The third-order valence-electron chi connectivity index (χ3n) is 13.9. The van der Waals surface area contributed by atoms with E-state index in [9.17, 15) is 28.8 Å². The summed E-state index contributed by atoms with van der Waals surface area (Å²) >= 11 is 0. The van der Waals surface area contributed by atoms with Crippen molar-refractivity contribution in [1.82, 2.24) is 72.5 Å². The molecule has 20 heteroatoms. The van der Waals surface area contributed by atoms with E-state index in [-0.39, 0.29) is 48.6 Å². The second kappa shape index (κ2) is 25.4. The van der Waals surface area contributed by atoms with Crippen molar-refractivity contribution in [2.24, 2.45) is 10.8 Å². The van der Waals surface area contributed by atoms with E-state index in [2.05, 4.69) is 75.3 Å². The van der Waals surface area contributed by atoms with Gasteiger partial charge in [0.25, 0.3) is 0 Å². The number of carbonyl (C=O) groups is 6. The summed E-state index contributed by atoms with van der Waals surface area (Å²) in [4.78, 5) is 82.4. The summed E-state index contributed by atoms with van der Waals surface area (Å²) in [7, 11) is 3.33. The van der Waals surface area contributed by atoms with Crippen molar-refractivity contribution in [3.05, 3.63) is 107 Å². The normalized spacial score (nSPS) is 18.1. The topological polar surface area (TPSA) is 260 Å². The Balaban J connectivity index is 1.13. The minimum Gasteiger partial charge on any atom is -0.347 e. The van der Waals surface area contributed by atoms with E-state index in [1.807, 2.05) is 90.1 Å². The van der Waals surface area contributed by atoms with Crippen LogP contribution in [0.1, 0.15) is 127 Å². The Hall–Kier alpha value is -6.80. The first-order valence-corrected chi connectivity index (χ1v) is 25.9. The Bertz CT molecular complexity index is 2440. The van der Waals surface area contributed by atoms with Gasteiger partial charge in [0.05, 0.1) is 48.6 Å². The zero-order valence-electron chi connectivity index (χ0n) is 44.8. The third-order valence-corrected chi connectivity index (χ3v) is 13.9. The highest BCUT2D eigenvalue weighted by Crippen LogP contribution is 2.31. The maximum atomic E-state index is 14.2. The SMILES string of the molecule is CN[C@@H](C)C(=O)NC(C(=O)N[C@@H](Cc1cn(C/C=C/Cn2cc(C[C@H](NC(=O)[C@@H](NC(=O)[C@H](C)NC)C(C)(C)C)C(=O)N[C@@H]3CCCc4ccccc43)nn2)nn1)C(=O)N[C@@H]1CCCc2ccccc21)C(C)(C)C. The molecule has 0 saturated heterocycles. The van der Waals surface area contributed by atoms with Gasteiger partial charge < -0.3 is 42.5 Å². The minimum atomic E-state index is -1.03. The van der Waals surface area contributed by atoms with Gasteiger partial charge in [-0.1, -0.05) is 113 Å². The number of rotatable bonds is 22. The molecule has 6 amide bonds. The van der Waals surface area contributed by atoms with E-state index in [4.69, 9.17) is 0 Å². The fraction of sp³-hybridized carbons (Fsp3) is 0.556. The maximum Gasteiger partial charge on any atom is 0.243 e. The maximum absolute atomic E-state index is 14.2. The van der Waals surface area contributed by atoms with Crippen molar-refractivity contribution in [1.29, 1.82) is 0 Å². The quantitative estimate of drug-likeness (QED) is 0.0529. The van der Waals surface area contributed by atoms with Crippen molar-refractivity contribution in [2.45, 2.75) is 168 Å². The molecule has 0 bridgehead atoms. The lowest BCUT2D eigenvalue weighted by molar-refractivity contribution is -0.135. The molecule has 2 aliphatic carbocycles. The van der Waals surface area contributed by atoms with Crippen molar-refractivity contribution in [2.75, 3.05) is 14.1 Å². The number of hydrogen-bond donors (Lipinski definition) is 8. The highest BCUT2D eigenvalue weighted by molar-refractivity contribution is 5.95. The van der Waals surface area contributed by atoms with Gasteiger partial charge in [-0.05, 0) is 99.6 Å². The van der Waals surface area contributed by atoms with Gasteiger partial charge in [-0.3, -0.25) is 28.8 Å². The molecule has 2 aliphatic rings. The van der Waals surface area contributed by atoms with E-state index in [0.717, 1.165) is 49.7 Å². The zero-order valence-corrected chi connectivity index (χ0v) is 44.8. The van der Waals surface area contributed by atoms with Gasteiger partial charge in [0.15, 0.2) is 0 Å². The molecule has 4 aromatic rings. The van der Waals surface area contributed by atoms with Gasteiger partial charge in [-0.2, -0.15) is 0 Å². The van der Waals surface area contributed by atoms with Gasteiger partial charge in [0.1, 0.15) is 24.2 Å². The average Bonchev–Trinajstić information content (AvgIpc) is 4.03. The van der Waals surface area contributed by atoms with Gasteiger partial charge in [0, 0.05) is 25.2 Å². The number of hydrogen-bond acceptors (Lipinski definition) is 12. The fourth-order valence-corrected chi connectivity index (χ4v) is 9.25. The number of nitrogens with one attached hydrogen (secondary N) is 8. The van der Waals surface area contributed by atoms with Crippen LogP contribution in [0.25, 0.3) is 0 Å². The Labute approximate surface area is 435 Å². The molecule has 400 valence electrons. The first kappa shape index (κ1) is 56.5. The molecular formula is C54H78N14O6. The summed E-state index contributed by atoms with van der Waals surface area (Å²) in [5.74, 6) is -2.40. The molecule has 2 aromatic heterocycles. The van der Waals surface area contributed by atoms with Crippen LogP contribution in [-0.4, -0.2) is 116 Å². The number of benzene rings is 2. The average molecular weight is 1020 g/mol. The predicted molar refractivity (Wildman–Crippen MR) is 281 cm³/mol. The molecule has 0 spiro atoms. The van der Waals surface area contributed by atoms with E-state index in [1.165, 1.54) is 11.1 Å². The zero-order chi connectivity index (χ0) is 53.7. The Morgan fingerprint density at radius 2 is 0.946 bits per heavy atom. The monoisotopic (exact) mass is 1020 g/mol. The molecule has 0 aliphatic heterocycles. The largest absolute Gasteiger partial charge is 0.347 e. The molecule has 0 saturated carbocycles. The molecule has 0 fully saturated rings. The predicted octanol–water partition coefficient (Wildman–Crippen LogP) is 2.85. The summed E-state index contributed by atoms with van der Waals surface area (Å²) in [6.45, 7) is 15.2. The van der Waals surface area contributed by atoms with Crippen LogP contribution in [0.4, 0.5) is 0 Å². The minimum absolute atomic E-state index is 0.0452. The lowest BCUT2D eigenvalue weighted by Gasteiger charge is -2.33. The number of aromatic nitrogens is 6. The van der Waals surface area contributed by atoms with Crippen molar-refractivity contribution >= 4 is 35.4 Å². The Morgan fingerprint density at radius 1 is 0.568 bits per heavy atom. The fourth-order valence-electron chi connectivity index (χ4n) is 9.25. The summed E-state index contributed by atoms with van der Waals surface area (Å²) < 4.78 is 3.24. The number of likely N-dealkylation sites (N-methyl/N-ethyl adjacent to an activating group) is 2. The van der Waals surface area contributed by atoms with Crippen LogP contribution in [0.15, 0.2) is 73.1 Å². The van der Waals surface area contributed by atoms with E-state index >= 15 is 0 Å². The summed E-state index contributed by atoms with van der Waals surface area (Å²) in [5, 5.41) is 41.2. The Morgan fingerprint density at radius 3 is 1.31 bits per heavy atom. The standard InChI is InChI=1S/C54H78N14O6/c1-33(55-9)47(69)61-45(53(3,4)5)51(73)59-43(49(71)57-41-25-17-21-35-19-11-13-23-39(35)41)29-37-31-67(65-63-37)27-15-16-28-68-32-38(64-66-68)30-44(50(72)58-42-26-18-22-36-20-12-14-24-40(36)42)60-52(74)46(54(6,7)8)62-48(70)34(2)56-10/h11-16,19-20,23-24,31-34,41-46,55-56H,17-18,21-22,25-30H2,1-10H3,(H,57,71)(H,58,72)(H,59,73)(H,60,74)(H,61,69)(H,62,70)/b16-15+/t33-,34-,41+,42+,43-,44-,45+,46?/m0/s1. The van der Waals surface area contributed by atoms with Crippen LogP contribution < -0.4 is 42.5 Å². The van der Waals surface area contributed by atoms with Crippen molar-refractivity contribution in [3.63, 3.8) is 0 Å². The molecule has 2 aromatic carbocycles. The van der Waals surface area contributed by atoms with Gasteiger partial charge in [0.2, 0.25) is 35.4 Å². The second-order valence-corrected chi connectivity index (χ2v) is 21.8. The van der Waals surface area contributed by atoms with Crippen LogP contribution in [0, 0.1) is 10.8 Å². The van der Waals surface area contributed by atoms with Gasteiger partial charge in [-0.15, -0.1) is 10.2 Å². The van der Waals surface area contributed by atoms with Crippen LogP contribution in [-0.2, 0) is 67.5 Å². The lowest BCUT2D eigenvalue weighted by atomic mass is 9.85. The Kier molecular flexibility index (Phi) is 19.4. The second-order valence-electron chi connectivity index (χ2n) is 21.8.